The molecule has 5 heteroatoms. The quantitative estimate of drug-likeness (QED) is 0.142. The molecule has 0 saturated heterocycles. The van der Waals surface area contributed by atoms with Crippen molar-refractivity contribution in [2.45, 2.75) is 97.3 Å². The molecule has 164 valence electrons. The lowest BCUT2D eigenvalue weighted by atomic mass is 9.96. The summed E-state index contributed by atoms with van der Waals surface area (Å²) in [5.41, 5.74) is 1.06. The zero-order chi connectivity index (χ0) is 21.3. The number of aryl methyl sites for hydroxylation is 1. The molecule has 1 rings (SSSR count). The van der Waals surface area contributed by atoms with Gasteiger partial charge in [0, 0.05) is 0 Å². The van der Waals surface area contributed by atoms with Crippen LogP contribution in [0.15, 0.2) is 18.2 Å². The maximum Gasteiger partial charge on any atom is 0.373 e. The highest BCUT2D eigenvalue weighted by Gasteiger charge is 2.23. The Morgan fingerprint density at radius 1 is 0.793 bits per heavy atom. The smallest absolute Gasteiger partial charge is 0.373 e. The zero-order valence-electron chi connectivity index (χ0n) is 18.2. The Kier molecular flexibility index (Phi) is 13.9. The SMILES string of the molecule is CCCCCCCCOC(=O)c1c(CCCCCCCC)cccc1C(=O)OO. The monoisotopic (exact) mass is 406 g/mol. The fourth-order valence-electron chi connectivity index (χ4n) is 3.48. The van der Waals surface area contributed by atoms with Crippen LogP contribution in [0.2, 0.25) is 0 Å². The largest absolute Gasteiger partial charge is 0.462 e. The van der Waals surface area contributed by atoms with Crippen LogP contribution in [0.25, 0.3) is 0 Å². The van der Waals surface area contributed by atoms with Crippen molar-refractivity contribution >= 4 is 11.9 Å². The molecule has 0 aliphatic rings. The molecule has 1 aromatic carbocycles. The first-order valence-electron chi connectivity index (χ1n) is 11.3. The first kappa shape index (κ1) is 25.2. The van der Waals surface area contributed by atoms with E-state index in [1.54, 1.807) is 6.07 Å². The Bertz CT molecular complexity index is 597. The van der Waals surface area contributed by atoms with Gasteiger partial charge in [0.15, 0.2) is 0 Å². The van der Waals surface area contributed by atoms with Crippen molar-refractivity contribution in [1.29, 1.82) is 0 Å². The van der Waals surface area contributed by atoms with Gasteiger partial charge in [0.25, 0.3) is 0 Å². The second-order valence-corrected chi connectivity index (χ2v) is 7.64. The predicted molar refractivity (Wildman–Crippen MR) is 115 cm³/mol. The Labute approximate surface area is 175 Å². The van der Waals surface area contributed by atoms with E-state index < -0.39 is 11.9 Å². The van der Waals surface area contributed by atoms with Gasteiger partial charge in [-0.05, 0) is 30.9 Å². The van der Waals surface area contributed by atoms with E-state index in [0.717, 1.165) is 37.7 Å². The number of rotatable bonds is 16. The lowest BCUT2D eigenvalue weighted by Gasteiger charge is -2.13. The van der Waals surface area contributed by atoms with Crippen molar-refractivity contribution in [2.24, 2.45) is 0 Å². The van der Waals surface area contributed by atoms with Gasteiger partial charge in [-0.25, -0.2) is 9.59 Å². The summed E-state index contributed by atoms with van der Waals surface area (Å²) in [6.45, 7) is 4.71. The van der Waals surface area contributed by atoms with Gasteiger partial charge in [-0.15, -0.1) is 0 Å². The minimum atomic E-state index is -0.929. The maximum absolute atomic E-state index is 12.7. The van der Waals surface area contributed by atoms with Gasteiger partial charge in [-0.2, -0.15) is 5.26 Å². The van der Waals surface area contributed by atoms with Gasteiger partial charge in [0.2, 0.25) is 0 Å². The Balaban J connectivity index is 2.67. The number of ether oxygens (including phenoxy) is 1. The van der Waals surface area contributed by atoms with Crippen molar-refractivity contribution in [3.8, 4) is 0 Å². The summed E-state index contributed by atoms with van der Waals surface area (Å²) in [7, 11) is 0. The minimum absolute atomic E-state index is 0.0592. The molecule has 1 N–H and O–H groups in total. The first-order chi connectivity index (χ1) is 14.2. The van der Waals surface area contributed by atoms with Gasteiger partial charge < -0.3 is 4.74 Å². The molecule has 0 aromatic heterocycles. The molecule has 0 unspecified atom stereocenters. The number of benzene rings is 1. The van der Waals surface area contributed by atoms with Gasteiger partial charge in [-0.1, -0.05) is 90.2 Å². The van der Waals surface area contributed by atoms with E-state index in [-0.39, 0.29) is 11.1 Å². The Morgan fingerprint density at radius 2 is 1.38 bits per heavy atom. The van der Waals surface area contributed by atoms with Gasteiger partial charge in [0.1, 0.15) is 0 Å². The predicted octanol–water partition coefficient (Wildman–Crippen LogP) is 6.74. The average molecular weight is 407 g/mol. The van der Waals surface area contributed by atoms with E-state index in [2.05, 4.69) is 18.7 Å². The van der Waals surface area contributed by atoms with Crippen molar-refractivity contribution in [1.82, 2.24) is 0 Å². The van der Waals surface area contributed by atoms with Gasteiger partial charge in [0.05, 0.1) is 17.7 Å². The normalized spacial score (nSPS) is 10.7. The van der Waals surface area contributed by atoms with Crippen LogP contribution in [0.3, 0.4) is 0 Å². The molecule has 0 fully saturated rings. The lowest BCUT2D eigenvalue weighted by Crippen LogP contribution is -2.16. The second-order valence-electron chi connectivity index (χ2n) is 7.64. The number of hydrogen-bond acceptors (Lipinski definition) is 5. The maximum atomic E-state index is 12.7. The van der Waals surface area contributed by atoms with E-state index in [9.17, 15) is 9.59 Å². The summed E-state index contributed by atoms with van der Waals surface area (Å²) < 4.78 is 5.44. The summed E-state index contributed by atoms with van der Waals surface area (Å²) in [4.78, 5) is 28.5. The first-order valence-corrected chi connectivity index (χ1v) is 11.3. The summed E-state index contributed by atoms with van der Waals surface area (Å²) in [6, 6.07) is 5.05. The van der Waals surface area contributed by atoms with E-state index in [1.165, 1.54) is 51.0 Å². The molecule has 0 radical (unpaired) electrons. The van der Waals surface area contributed by atoms with Gasteiger partial charge in [-0.3, -0.25) is 4.89 Å². The van der Waals surface area contributed by atoms with E-state index >= 15 is 0 Å². The number of esters is 1. The fraction of sp³-hybridized carbons (Fsp3) is 0.667. The van der Waals surface area contributed by atoms with E-state index in [4.69, 9.17) is 9.99 Å². The van der Waals surface area contributed by atoms with E-state index in [0.29, 0.717) is 13.0 Å². The van der Waals surface area contributed by atoms with Crippen molar-refractivity contribution < 1.29 is 24.5 Å². The standard InChI is InChI=1S/C24H38O5/c1-3-5-7-9-11-13-16-20-17-15-18-21(23(25)29-27)22(20)24(26)28-19-14-12-10-8-6-4-2/h15,17-18,27H,3-14,16,19H2,1-2H3. The molecule has 1 aromatic rings. The molecular weight excluding hydrogens is 368 g/mol. The molecule has 0 spiro atoms. The number of unbranched alkanes of at least 4 members (excludes halogenated alkanes) is 10. The lowest BCUT2D eigenvalue weighted by molar-refractivity contribution is -0.182. The Morgan fingerprint density at radius 3 is 2.00 bits per heavy atom. The Hall–Kier alpha value is -1.88. The van der Waals surface area contributed by atoms with Gasteiger partial charge >= 0.3 is 11.9 Å². The van der Waals surface area contributed by atoms with Crippen molar-refractivity contribution in [2.75, 3.05) is 6.61 Å². The third-order valence-corrected chi connectivity index (χ3v) is 5.19. The van der Waals surface area contributed by atoms with Crippen LogP contribution in [0.1, 0.15) is 117 Å². The zero-order valence-corrected chi connectivity index (χ0v) is 18.2. The molecule has 0 saturated carbocycles. The highest BCUT2D eigenvalue weighted by Crippen LogP contribution is 2.21. The van der Waals surface area contributed by atoms with Crippen molar-refractivity contribution in [3.63, 3.8) is 0 Å². The molecule has 0 bridgehead atoms. The third-order valence-electron chi connectivity index (χ3n) is 5.19. The van der Waals surface area contributed by atoms with Crippen LogP contribution in [0.4, 0.5) is 0 Å². The summed E-state index contributed by atoms with van der Waals surface area (Å²) in [5, 5.41) is 8.80. The summed E-state index contributed by atoms with van der Waals surface area (Å²) >= 11 is 0. The molecule has 0 heterocycles. The molecule has 0 aliphatic carbocycles. The number of carbonyl (C=O) groups is 2. The van der Waals surface area contributed by atoms with Crippen molar-refractivity contribution in [3.05, 3.63) is 34.9 Å². The van der Waals surface area contributed by atoms with Crippen LogP contribution >= 0.6 is 0 Å². The second kappa shape index (κ2) is 16.0. The minimum Gasteiger partial charge on any atom is -0.462 e. The van der Waals surface area contributed by atoms with Crippen LogP contribution in [-0.2, 0) is 16.0 Å². The molecule has 5 nitrogen and oxygen atoms in total. The molecule has 29 heavy (non-hydrogen) atoms. The summed E-state index contributed by atoms with van der Waals surface area (Å²) in [5.74, 6) is -1.44. The average Bonchev–Trinajstić information content (AvgIpc) is 2.74. The molecule has 0 atom stereocenters. The number of carbonyl (C=O) groups excluding carboxylic acids is 2. The summed E-state index contributed by atoms with van der Waals surface area (Å²) in [6.07, 6.45) is 14.2. The van der Waals surface area contributed by atoms with Crippen LogP contribution in [0.5, 0.6) is 0 Å². The topological polar surface area (TPSA) is 72.8 Å². The molecule has 0 aliphatic heterocycles. The fourth-order valence-corrected chi connectivity index (χ4v) is 3.48. The van der Waals surface area contributed by atoms with Crippen LogP contribution in [0, 0.1) is 0 Å². The highest BCUT2D eigenvalue weighted by molar-refractivity contribution is 6.04. The number of hydrogen-bond donors (Lipinski definition) is 1. The third kappa shape index (κ3) is 9.93. The highest BCUT2D eigenvalue weighted by atomic mass is 17.1. The molecular formula is C24H38O5. The molecule has 0 amide bonds. The van der Waals surface area contributed by atoms with E-state index in [1.807, 2.05) is 6.07 Å². The van der Waals surface area contributed by atoms with Crippen LogP contribution in [-0.4, -0.2) is 23.8 Å². The van der Waals surface area contributed by atoms with Crippen LogP contribution < -0.4 is 0 Å².